The van der Waals surface area contributed by atoms with Gasteiger partial charge in [0.25, 0.3) is 0 Å². The van der Waals surface area contributed by atoms with Crippen molar-refractivity contribution in [1.82, 2.24) is 15.5 Å². The van der Waals surface area contributed by atoms with Gasteiger partial charge in [0.05, 0.1) is 12.1 Å². The molecule has 0 saturated heterocycles. The summed E-state index contributed by atoms with van der Waals surface area (Å²) in [6.45, 7) is 13.5. The molecule has 23 heavy (non-hydrogen) atoms. The van der Waals surface area contributed by atoms with Crippen molar-refractivity contribution >= 4 is 5.96 Å². The number of aliphatic hydroxyl groups is 1. The quantitative estimate of drug-likeness (QED) is 0.426. The molecular weight excluding hydrogens is 288 g/mol. The number of guanidine groups is 1. The van der Waals surface area contributed by atoms with Crippen LogP contribution in [0.25, 0.3) is 0 Å². The van der Waals surface area contributed by atoms with Gasteiger partial charge in [0.1, 0.15) is 0 Å². The van der Waals surface area contributed by atoms with E-state index in [0.29, 0.717) is 12.6 Å². The Morgan fingerprint density at radius 3 is 2.43 bits per heavy atom. The van der Waals surface area contributed by atoms with Crippen molar-refractivity contribution in [3.8, 4) is 0 Å². The Labute approximate surface area is 142 Å². The zero-order valence-electron chi connectivity index (χ0n) is 15.7. The van der Waals surface area contributed by atoms with Crippen molar-refractivity contribution in [3.63, 3.8) is 0 Å². The van der Waals surface area contributed by atoms with Crippen molar-refractivity contribution in [2.24, 2.45) is 4.99 Å². The highest BCUT2D eigenvalue weighted by molar-refractivity contribution is 5.80. The second kappa shape index (κ2) is 10.9. The van der Waals surface area contributed by atoms with Gasteiger partial charge in [-0.15, -0.1) is 0 Å². The molecule has 0 aliphatic heterocycles. The third kappa shape index (κ3) is 8.02. The van der Waals surface area contributed by atoms with E-state index < -0.39 is 5.60 Å². The van der Waals surface area contributed by atoms with Gasteiger partial charge in [0.15, 0.2) is 5.96 Å². The van der Waals surface area contributed by atoms with E-state index in [1.165, 1.54) is 6.42 Å². The van der Waals surface area contributed by atoms with Gasteiger partial charge in [-0.3, -0.25) is 4.99 Å². The molecule has 0 aromatic carbocycles. The molecular formula is C18H38N4O. The van der Waals surface area contributed by atoms with Gasteiger partial charge in [0.2, 0.25) is 0 Å². The van der Waals surface area contributed by atoms with Crippen LogP contribution in [0.3, 0.4) is 0 Å². The summed E-state index contributed by atoms with van der Waals surface area (Å²) in [5.41, 5.74) is -0.575. The molecule has 1 fully saturated rings. The van der Waals surface area contributed by atoms with Crippen molar-refractivity contribution in [2.75, 3.05) is 32.7 Å². The Balaban J connectivity index is 2.38. The molecule has 1 atom stereocenters. The molecule has 0 aromatic rings. The topological polar surface area (TPSA) is 59.9 Å². The third-order valence-electron chi connectivity index (χ3n) is 4.80. The maximum Gasteiger partial charge on any atom is 0.191 e. The first-order chi connectivity index (χ1) is 11.0. The molecule has 1 unspecified atom stereocenters. The normalized spacial score (nSPS) is 19.1. The molecule has 3 N–H and O–H groups in total. The van der Waals surface area contributed by atoms with Crippen molar-refractivity contribution in [3.05, 3.63) is 0 Å². The van der Waals surface area contributed by atoms with Crippen LogP contribution in [0.5, 0.6) is 0 Å². The molecule has 136 valence electrons. The van der Waals surface area contributed by atoms with Gasteiger partial charge in [-0.05, 0) is 59.2 Å². The standard InChI is InChI=1S/C18H38N4O/c1-5-19-17(20-15-18(23)12-8-9-13-18)21-16(4)11-10-14-22(6-2)7-3/h16,23H,5-15H2,1-4H3,(H2,19,20,21). The first-order valence-electron chi connectivity index (χ1n) is 9.52. The van der Waals surface area contributed by atoms with Gasteiger partial charge >= 0.3 is 0 Å². The molecule has 1 rings (SSSR count). The van der Waals surface area contributed by atoms with Crippen molar-refractivity contribution in [2.45, 2.75) is 77.9 Å². The highest BCUT2D eigenvalue weighted by atomic mass is 16.3. The van der Waals surface area contributed by atoms with E-state index in [-0.39, 0.29) is 0 Å². The van der Waals surface area contributed by atoms with Gasteiger partial charge in [-0.1, -0.05) is 26.7 Å². The summed E-state index contributed by atoms with van der Waals surface area (Å²) in [6.07, 6.45) is 6.34. The van der Waals surface area contributed by atoms with Crippen LogP contribution in [0.4, 0.5) is 0 Å². The third-order valence-corrected chi connectivity index (χ3v) is 4.80. The van der Waals surface area contributed by atoms with Gasteiger partial charge in [-0.2, -0.15) is 0 Å². The molecule has 0 radical (unpaired) electrons. The van der Waals surface area contributed by atoms with Crippen LogP contribution in [0.2, 0.25) is 0 Å². The maximum atomic E-state index is 10.4. The Hall–Kier alpha value is -0.810. The Morgan fingerprint density at radius 1 is 1.22 bits per heavy atom. The monoisotopic (exact) mass is 326 g/mol. The highest BCUT2D eigenvalue weighted by Crippen LogP contribution is 2.29. The molecule has 5 heteroatoms. The fourth-order valence-electron chi connectivity index (χ4n) is 3.20. The van der Waals surface area contributed by atoms with E-state index in [2.05, 4.69) is 48.2 Å². The van der Waals surface area contributed by atoms with Gasteiger partial charge < -0.3 is 20.6 Å². The van der Waals surface area contributed by atoms with E-state index in [9.17, 15) is 5.11 Å². The van der Waals surface area contributed by atoms with E-state index in [1.54, 1.807) is 0 Å². The second-order valence-corrected chi connectivity index (χ2v) is 6.84. The lowest BCUT2D eigenvalue weighted by molar-refractivity contribution is 0.0574. The van der Waals surface area contributed by atoms with Crippen LogP contribution in [0, 0.1) is 0 Å². The zero-order chi connectivity index (χ0) is 17.1. The largest absolute Gasteiger partial charge is 0.388 e. The highest BCUT2D eigenvalue weighted by Gasteiger charge is 2.30. The van der Waals surface area contributed by atoms with Gasteiger partial charge in [0, 0.05) is 12.6 Å². The fraction of sp³-hybridized carbons (Fsp3) is 0.944. The molecule has 0 amide bonds. The predicted molar refractivity (Wildman–Crippen MR) is 99.0 cm³/mol. The maximum absolute atomic E-state index is 10.4. The summed E-state index contributed by atoms with van der Waals surface area (Å²) < 4.78 is 0. The van der Waals surface area contributed by atoms with Crippen LogP contribution in [0.15, 0.2) is 4.99 Å². The molecule has 1 saturated carbocycles. The SMILES string of the molecule is CCNC(=NCC1(O)CCCC1)NC(C)CCCN(CC)CC. The van der Waals surface area contributed by atoms with Gasteiger partial charge in [-0.25, -0.2) is 0 Å². The average molecular weight is 327 g/mol. The minimum Gasteiger partial charge on any atom is -0.388 e. The number of hydrogen-bond donors (Lipinski definition) is 3. The number of rotatable bonds is 10. The Bertz CT molecular complexity index is 336. The first kappa shape index (κ1) is 20.2. The zero-order valence-corrected chi connectivity index (χ0v) is 15.7. The summed E-state index contributed by atoms with van der Waals surface area (Å²) in [5.74, 6) is 0.836. The number of nitrogens with one attached hydrogen (secondary N) is 2. The van der Waals surface area contributed by atoms with E-state index >= 15 is 0 Å². The van der Waals surface area contributed by atoms with Crippen LogP contribution < -0.4 is 10.6 Å². The lowest BCUT2D eigenvalue weighted by atomic mass is 10.0. The second-order valence-electron chi connectivity index (χ2n) is 6.84. The number of nitrogens with zero attached hydrogens (tertiary/aromatic N) is 2. The molecule has 0 spiro atoms. The van der Waals surface area contributed by atoms with Crippen molar-refractivity contribution in [1.29, 1.82) is 0 Å². The summed E-state index contributed by atoms with van der Waals surface area (Å²) in [4.78, 5) is 7.08. The minimum absolute atomic E-state index is 0.390. The van der Waals surface area contributed by atoms with E-state index in [4.69, 9.17) is 0 Å². The van der Waals surface area contributed by atoms with Crippen LogP contribution >= 0.6 is 0 Å². The Morgan fingerprint density at radius 2 is 1.87 bits per heavy atom. The van der Waals surface area contributed by atoms with Crippen LogP contribution in [0.1, 0.15) is 66.2 Å². The fourth-order valence-corrected chi connectivity index (χ4v) is 3.20. The summed E-state index contributed by atoms with van der Waals surface area (Å²) >= 11 is 0. The lowest BCUT2D eigenvalue weighted by Gasteiger charge is -2.23. The van der Waals surface area contributed by atoms with Crippen molar-refractivity contribution < 1.29 is 5.11 Å². The molecule has 1 aliphatic carbocycles. The summed E-state index contributed by atoms with van der Waals surface area (Å²) in [6, 6.07) is 0.390. The smallest absolute Gasteiger partial charge is 0.191 e. The van der Waals surface area contributed by atoms with Crippen LogP contribution in [-0.4, -0.2) is 60.3 Å². The number of hydrogen-bond acceptors (Lipinski definition) is 3. The summed E-state index contributed by atoms with van der Waals surface area (Å²) in [7, 11) is 0. The molecule has 1 aliphatic rings. The lowest BCUT2D eigenvalue weighted by Crippen LogP contribution is -2.43. The molecule has 5 nitrogen and oxygen atoms in total. The van der Waals surface area contributed by atoms with E-state index in [0.717, 1.165) is 64.2 Å². The predicted octanol–water partition coefficient (Wildman–Crippen LogP) is 2.36. The molecule has 0 bridgehead atoms. The summed E-state index contributed by atoms with van der Waals surface area (Å²) in [5, 5.41) is 17.2. The number of aliphatic imine (C=N–C) groups is 1. The average Bonchev–Trinajstić information content (AvgIpc) is 2.97. The molecule has 0 aromatic heterocycles. The van der Waals surface area contributed by atoms with E-state index in [1.807, 2.05) is 0 Å². The first-order valence-corrected chi connectivity index (χ1v) is 9.52. The van der Waals surface area contributed by atoms with Crippen LogP contribution in [-0.2, 0) is 0 Å². The minimum atomic E-state index is -0.575. The molecule has 0 heterocycles. The Kier molecular flexibility index (Phi) is 9.56.